The number of rotatable bonds is 8. The zero-order chi connectivity index (χ0) is 17.4. The summed E-state index contributed by atoms with van der Waals surface area (Å²) >= 11 is 0. The van der Waals surface area contributed by atoms with Gasteiger partial charge in [-0.2, -0.15) is 0 Å². The van der Waals surface area contributed by atoms with E-state index < -0.39 is 0 Å². The van der Waals surface area contributed by atoms with Gasteiger partial charge in [0.2, 0.25) is 0 Å². The van der Waals surface area contributed by atoms with Crippen molar-refractivity contribution >= 4 is 6.09 Å². The molecule has 0 aliphatic heterocycles. The number of hydrogen-bond donors (Lipinski definition) is 1. The lowest BCUT2D eigenvalue weighted by molar-refractivity contribution is 0.170. The number of nitrogens with one attached hydrogen (secondary N) is 1. The highest BCUT2D eigenvalue weighted by Crippen LogP contribution is 2.31. The topological polar surface area (TPSA) is 38.3 Å². The van der Waals surface area contributed by atoms with E-state index in [0.717, 1.165) is 25.2 Å². The molecule has 2 rings (SSSR count). The minimum absolute atomic E-state index is 0.348. The smallest absolute Gasteiger partial charge is 0.406 e. The van der Waals surface area contributed by atoms with Crippen LogP contribution in [0.2, 0.25) is 0 Å². The van der Waals surface area contributed by atoms with E-state index in [-0.39, 0.29) is 6.09 Å². The number of carbonyl (C=O) groups is 1. The first-order valence-corrected chi connectivity index (χ1v) is 9.22. The first-order valence-electron chi connectivity index (χ1n) is 9.22. The van der Waals surface area contributed by atoms with Crippen LogP contribution in [0.5, 0.6) is 0 Å². The molecule has 0 aromatic heterocycles. The van der Waals surface area contributed by atoms with Crippen molar-refractivity contribution in [2.75, 3.05) is 13.7 Å². The van der Waals surface area contributed by atoms with Gasteiger partial charge in [-0.1, -0.05) is 37.6 Å². The highest BCUT2D eigenvalue weighted by atomic mass is 16.5. The van der Waals surface area contributed by atoms with Gasteiger partial charge in [-0.3, -0.25) is 0 Å². The number of fused-ring (bicyclic) bond motifs is 1. The van der Waals surface area contributed by atoms with Crippen LogP contribution in [-0.4, -0.2) is 19.7 Å². The molecule has 1 amide bonds. The minimum atomic E-state index is -0.348. The number of allylic oxidation sites excluding steroid dienone is 1. The third-order valence-electron chi connectivity index (χ3n) is 5.13. The van der Waals surface area contributed by atoms with Crippen molar-refractivity contribution in [3.05, 3.63) is 47.5 Å². The number of hydrogen-bond acceptors (Lipinski definition) is 2. The van der Waals surface area contributed by atoms with Crippen LogP contribution in [0.3, 0.4) is 0 Å². The van der Waals surface area contributed by atoms with Gasteiger partial charge in [-0.25, -0.2) is 4.79 Å². The van der Waals surface area contributed by atoms with Crippen LogP contribution in [0.25, 0.3) is 0 Å². The van der Waals surface area contributed by atoms with Crippen LogP contribution in [0, 0.1) is 5.92 Å². The predicted octanol–water partition coefficient (Wildman–Crippen LogP) is 5.00. The van der Waals surface area contributed by atoms with Crippen LogP contribution in [-0.2, 0) is 17.6 Å². The van der Waals surface area contributed by atoms with E-state index in [9.17, 15) is 4.79 Å². The third-order valence-corrected chi connectivity index (χ3v) is 5.13. The fourth-order valence-corrected chi connectivity index (χ4v) is 3.72. The molecule has 132 valence electrons. The van der Waals surface area contributed by atoms with Crippen molar-refractivity contribution < 1.29 is 9.53 Å². The maximum Gasteiger partial charge on any atom is 0.406 e. The second-order valence-corrected chi connectivity index (χ2v) is 6.86. The molecule has 1 aromatic rings. The maximum absolute atomic E-state index is 11.4. The second-order valence-electron chi connectivity index (χ2n) is 6.86. The van der Waals surface area contributed by atoms with Crippen LogP contribution in [0.4, 0.5) is 4.79 Å². The van der Waals surface area contributed by atoms with Gasteiger partial charge >= 0.3 is 6.09 Å². The fourth-order valence-electron chi connectivity index (χ4n) is 3.72. The van der Waals surface area contributed by atoms with Crippen LogP contribution in [0.1, 0.15) is 61.6 Å². The van der Waals surface area contributed by atoms with E-state index in [4.69, 9.17) is 4.74 Å². The van der Waals surface area contributed by atoms with Crippen molar-refractivity contribution in [3.8, 4) is 0 Å². The molecule has 3 heteroatoms. The number of alkyl carbamates (subject to hydrolysis) is 1. The summed E-state index contributed by atoms with van der Waals surface area (Å²) in [6.45, 7) is 6.66. The van der Waals surface area contributed by atoms with E-state index >= 15 is 0 Å². The first kappa shape index (κ1) is 18.6. The second kappa shape index (κ2) is 9.51. The van der Waals surface area contributed by atoms with E-state index in [0.29, 0.717) is 12.5 Å². The number of benzene rings is 1. The Hall–Kier alpha value is -1.77. The van der Waals surface area contributed by atoms with Gasteiger partial charge in [0.1, 0.15) is 0 Å². The predicted molar refractivity (Wildman–Crippen MR) is 99.4 cm³/mol. The number of carbonyl (C=O) groups excluding carboxylic acids is 1. The molecule has 0 radical (unpaired) electrons. The zero-order valence-corrected chi connectivity index (χ0v) is 15.1. The molecule has 0 saturated carbocycles. The summed E-state index contributed by atoms with van der Waals surface area (Å²) in [7, 11) is 1.41. The molecule has 1 aliphatic carbocycles. The summed E-state index contributed by atoms with van der Waals surface area (Å²) in [4.78, 5) is 11.4. The van der Waals surface area contributed by atoms with Crippen molar-refractivity contribution in [1.82, 2.24) is 5.32 Å². The molecular weight excluding hydrogens is 298 g/mol. The highest BCUT2D eigenvalue weighted by molar-refractivity contribution is 5.66. The SMILES string of the molecule is C=CCCC1CCc2cc(C(CCC)CNC(=O)OC)ccc2C1. The molecule has 1 aromatic carbocycles. The molecule has 2 unspecified atom stereocenters. The molecular formula is C21H31NO2. The van der Waals surface area contributed by atoms with Gasteiger partial charge in [-0.15, -0.1) is 6.58 Å². The average Bonchev–Trinajstić information content (AvgIpc) is 2.62. The standard InChI is InChI=1S/C21H31NO2/c1-4-6-8-16-9-10-18-14-19(12-11-17(18)13-16)20(7-5-2)15-22-21(23)24-3/h4,11-12,14,16,20H,1,5-10,13,15H2,2-3H3,(H,22,23). The molecule has 1 aliphatic rings. The molecule has 24 heavy (non-hydrogen) atoms. The summed E-state index contributed by atoms with van der Waals surface area (Å²) < 4.78 is 4.69. The molecule has 0 spiro atoms. The van der Waals surface area contributed by atoms with Crippen molar-refractivity contribution in [2.45, 2.75) is 57.8 Å². The molecule has 0 bridgehead atoms. The molecule has 3 nitrogen and oxygen atoms in total. The molecule has 1 N–H and O–H groups in total. The van der Waals surface area contributed by atoms with Gasteiger partial charge in [0, 0.05) is 12.5 Å². The summed E-state index contributed by atoms with van der Waals surface area (Å²) in [6.07, 6.45) is 9.89. The Balaban J connectivity index is 2.05. The molecule has 0 heterocycles. The van der Waals surface area contributed by atoms with Gasteiger partial charge in [0.15, 0.2) is 0 Å². The quantitative estimate of drug-likeness (QED) is 0.682. The zero-order valence-electron chi connectivity index (χ0n) is 15.1. The Kier molecular flexibility index (Phi) is 7.36. The lowest BCUT2D eigenvalue weighted by Gasteiger charge is -2.26. The third kappa shape index (κ3) is 5.12. The normalized spacial score (nSPS) is 17.7. The Morgan fingerprint density at radius 2 is 2.29 bits per heavy atom. The lowest BCUT2D eigenvalue weighted by atomic mass is 9.80. The maximum atomic E-state index is 11.4. The highest BCUT2D eigenvalue weighted by Gasteiger charge is 2.20. The number of methoxy groups -OCH3 is 1. The first-order chi connectivity index (χ1) is 11.7. The fraction of sp³-hybridized carbons (Fsp3) is 0.571. The minimum Gasteiger partial charge on any atom is -0.453 e. The van der Waals surface area contributed by atoms with E-state index in [1.807, 2.05) is 6.08 Å². The molecule has 0 fully saturated rings. The average molecular weight is 329 g/mol. The van der Waals surface area contributed by atoms with Crippen molar-refractivity contribution in [3.63, 3.8) is 0 Å². The lowest BCUT2D eigenvalue weighted by Crippen LogP contribution is -2.28. The summed E-state index contributed by atoms with van der Waals surface area (Å²) in [6, 6.07) is 6.94. The molecule has 2 atom stereocenters. The van der Waals surface area contributed by atoms with E-state index in [2.05, 4.69) is 37.0 Å². The van der Waals surface area contributed by atoms with Crippen molar-refractivity contribution in [1.29, 1.82) is 0 Å². The summed E-state index contributed by atoms with van der Waals surface area (Å²) in [5, 5.41) is 2.86. The van der Waals surface area contributed by atoms with Crippen LogP contribution < -0.4 is 5.32 Å². The largest absolute Gasteiger partial charge is 0.453 e. The Morgan fingerprint density at radius 1 is 1.46 bits per heavy atom. The van der Waals surface area contributed by atoms with Crippen LogP contribution >= 0.6 is 0 Å². The number of ether oxygens (including phenoxy) is 1. The van der Waals surface area contributed by atoms with Gasteiger partial charge in [0.05, 0.1) is 7.11 Å². The monoisotopic (exact) mass is 329 g/mol. The van der Waals surface area contributed by atoms with Crippen molar-refractivity contribution in [2.24, 2.45) is 5.92 Å². The Morgan fingerprint density at radius 3 is 3.00 bits per heavy atom. The number of amides is 1. The number of aryl methyl sites for hydroxylation is 1. The van der Waals surface area contributed by atoms with Crippen LogP contribution in [0.15, 0.2) is 30.9 Å². The Labute approximate surface area is 146 Å². The summed E-state index contributed by atoms with van der Waals surface area (Å²) in [5.41, 5.74) is 4.35. The van der Waals surface area contributed by atoms with Gasteiger partial charge in [-0.05, 0) is 61.1 Å². The Bertz CT molecular complexity index is 553. The summed E-state index contributed by atoms with van der Waals surface area (Å²) in [5.74, 6) is 1.16. The van der Waals surface area contributed by atoms with Gasteiger partial charge < -0.3 is 10.1 Å². The van der Waals surface area contributed by atoms with E-state index in [1.165, 1.54) is 49.5 Å². The van der Waals surface area contributed by atoms with E-state index in [1.54, 1.807) is 0 Å². The molecule has 0 saturated heterocycles. The van der Waals surface area contributed by atoms with Gasteiger partial charge in [0.25, 0.3) is 0 Å².